The van der Waals surface area contributed by atoms with Crippen LogP contribution in [0.3, 0.4) is 0 Å². The molecule has 1 saturated heterocycles. The molecular weight excluding hydrogens is 497 g/mol. The standard InChI is InChI=1S/C30H36FN3O3Si/c1-30(2,3)38(4,5)37-27-18-36-13-12-26(27)34-19-33-28-24-9-7-6-8-23(24)21(15-25(28)29(34)35)14-20-10-11-22(16-31)32-17-20/h6-11,15,17,19,26-27H,12-14,16,18H2,1-5H3/t26-,27-/m0/s1. The van der Waals surface area contributed by atoms with Gasteiger partial charge in [0.15, 0.2) is 8.32 Å². The highest BCUT2D eigenvalue weighted by Crippen LogP contribution is 2.39. The molecule has 0 radical (unpaired) electrons. The van der Waals surface area contributed by atoms with Gasteiger partial charge in [0, 0.05) is 18.2 Å². The van der Waals surface area contributed by atoms with E-state index in [1.807, 2.05) is 30.3 Å². The first kappa shape index (κ1) is 26.7. The van der Waals surface area contributed by atoms with Crippen LogP contribution in [0.2, 0.25) is 18.1 Å². The molecule has 1 fully saturated rings. The molecule has 38 heavy (non-hydrogen) atoms. The Morgan fingerprint density at radius 3 is 2.55 bits per heavy atom. The van der Waals surface area contributed by atoms with Gasteiger partial charge in [-0.15, -0.1) is 0 Å². The van der Waals surface area contributed by atoms with Crippen molar-refractivity contribution in [1.29, 1.82) is 0 Å². The second-order valence-electron chi connectivity index (χ2n) is 11.8. The zero-order valence-electron chi connectivity index (χ0n) is 22.8. The number of fused-ring (bicyclic) bond motifs is 3. The van der Waals surface area contributed by atoms with E-state index in [9.17, 15) is 9.18 Å². The van der Waals surface area contributed by atoms with Crippen LogP contribution in [-0.2, 0) is 22.3 Å². The van der Waals surface area contributed by atoms with Crippen LogP contribution in [0.1, 0.15) is 50.1 Å². The maximum absolute atomic E-state index is 14.1. The second-order valence-corrected chi connectivity index (χ2v) is 16.5. The molecule has 0 saturated carbocycles. The predicted molar refractivity (Wildman–Crippen MR) is 152 cm³/mol. The van der Waals surface area contributed by atoms with E-state index in [0.29, 0.717) is 42.7 Å². The fourth-order valence-corrected chi connectivity index (χ4v) is 6.31. The topological polar surface area (TPSA) is 66.2 Å². The lowest BCUT2D eigenvalue weighted by Gasteiger charge is -2.43. The quantitative estimate of drug-likeness (QED) is 0.213. The van der Waals surface area contributed by atoms with Crippen LogP contribution in [0.15, 0.2) is 59.8 Å². The Kier molecular flexibility index (Phi) is 7.24. The van der Waals surface area contributed by atoms with E-state index in [0.717, 1.165) is 21.9 Å². The Morgan fingerprint density at radius 1 is 1.11 bits per heavy atom. The molecule has 200 valence electrons. The summed E-state index contributed by atoms with van der Waals surface area (Å²) in [5.41, 5.74) is 3.02. The minimum Gasteiger partial charge on any atom is -0.409 e. The van der Waals surface area contributed by atoms with Crippen LogP contribution in [0, 0.1) is 0 Å². The van der Waals surface area contributed by atoms with Gasteiger partial charge in [-0.05, 0) is 59.6 Å². The number of nitrogens with zero attached hydrogens (tertiary/aromatic N) is 3. The van der Waals surface area contributed by atoms with Crippen molar-refractivity contribution in [3.63, 3.8) is 0 Å². The molecule has 0 amide bonds. The number of halogens is 1. The zero-order valence-corrected chi connectivity index (χ0v) is 23.8. The van der Waals surface area contributed by atoms with Gasteiger partial charge in [0.2, 0.25) is 0 Å². The van der Waals surface area contributed by atoms with Crippen molar-refractivity contribution in [2.24, 2.45) is 0 Å². The molecule has 1 aliphatic heterocycles. The lowest BCUT2D eigenvalue weighted by Crippen LogP contribution is -2.50. The molecule has 0 spiro atoms. The van der Waals surface area contributed by atoms with Gasteiger partial charge in [-0.1, -0.05) is 51.1 Å². The second kappa shape index (κ2) is 10.3. The molecule has 0 aliphatic carbocycles. The molecule has 5 rings (SSSR count). The lowest BCUT2D eigenvalue weighted by molar-refractivity contribution is -0.0327. The van der Waals surface area contributed by atoms with E-state index in [1.54, 1.807) is 23.2 Å². The molecule has 1 aliphatic rings. The van der Waals surface area contributed by atoms with Crippen molar-refractivity contribution in [2.75, 3.05) is 13.2 Å². The van der Waals surface area contributed by atoms with Crippen LogP contribution in [-0.4, -0.2) is 42.2 Å². The van der Waals surface area contributed by atoms with Crippen molar-refractivity contribution in [3.8, 4) is 0 Å². The SMILES string of the molecule is CC(C)(C)[Si](C)(C)O[C@H]1COCC[C@@H]1n1cnc2c(cc(Cc3ccc(CF)nc3)c3ccccc32)c1=O. The molecule has 3 heterocycles. The van der Waals surface area contributed by atoms with Crippen molar-refractivity contribution < 1.29 is 13.6 Å². The van der Waals surface area contributed by atoms with Crippen LogP contribution < -0.4 is 5.56 Å². The van der Waals surface area contributed by atoms with Gasteiger partial charge in [0.25, 0.3) is 5.56 Å². The monoisotopic (exact) mass is 533 g/mol. The third-order valence-electron chi connectivity index (χ3n) is 8.17. The number of ether oxygens (including phenoxy) is 1. The Balaban J connectivity index is 1.59. The van der Waals surface area contributed by atoms with Gasteiger partial charge in [-0.3, -0.25) is 14.3 Å². The average Bonchev–Trinajstić information content (AvgIpc) is 2.89. The molecule has 2 atom stereocenters. The minimum absolute atomic E-state index is 0.0483. The molecule has 8 heteroatoms. The lowest BCUT2D eigenvalue weighted by atomic mass is 9.96. The molecule has 6 nitrogen and oxygen atoms in total. The van der Waals surface area contributed by atoms with Crippen LogP contribution in [0.5, 0.6) is 0 Å². The first-order valence-electron chi connectivity index (χ1n) is 13.3. The Morgan fingerprint density at radius 2 is 1.87 bits per heavy atom. The Bertz CT molecular complexity index is 1510. The third-order valence-corrected chi connectivity index (χ3v) is 12.7. The first-order valence-corrected chi connectivity index (χ1v) is 16.2. The molecule has 2 aromatic heterocycles. The van der Waals surface area contributed by atoms with Crippen molar-refractivity contribution in [1.82, 2.24) is 14.5 Å². The molecule has 2 aromatic carbocycles. The van der Waals surface area contributed by atoms with Crippen LogP contribution >= 0.6 is 0 Å². The summed E-state index contributed by atoms with van der Waals surface area (Å²) < 4.78 is 27.3. The van der Waals surface area contributed by atoms with E-state index in [4.69, 9.17) is 14.1 Å². The summed E-state index contributed by atoms with van der Waals surface area (Å²) >= 11 is 0. The Labute approximate surface area is 224 Å². The fourth-order valence-electron chi connectivity index (χ4n) is 4.98. The first-order chi connectivity index (χ1) is 18.1. The normalized spacial score (nSPS) is 18.8. The predicted octanol–water partition coefficient (Wildman–Crippen LogP) is 6.36. The summed E-state index contributed by atoms with van der Waals surface area (Å²) in [5.74, 6) is 0. The summed E-state index contributed by atoms with van der Waals surface area (Å²) in [6.07, 6.45) is 4.47. The van der Waals surface area contributed by atoms with Gasteiger partial charge in [0.1, 0.15) is 6.67 Å². The highest BCUT2D eigenvalue weighted by Gasteiger charge is 2.42. The number of hydrogen-bond acceptors (Lipinski definition) is 5. The van der Waals surface area contributed by atoms with Gasteiger partial charge in [0.05, 0.1) is 41.7 Å². The van der Waals surface area contributed by atoms with Gasteiger partial charge >= 0.3 is 0 Å². The minimum atomic E-state index is -2.08. The number of aromatic nitrogens is 3. The summed E-state index contributed by atoms with van der Waals surface area (Å²) in [6.45, 7) is 11.6. The van der Waals surface area contributed by atoms with E-state index in [2.05, 4.69) is 44.9 Å². The largest absolute Gasteiger partial charge is 0.409 e. The number of alkyl halides is 1. The third kappa shape index (κ3) is 5.05. The molecule has 0 unspecified atom stereocenters. The summed E-state index contributed by atoms with van der Waals surface area (Å²) in [6, 6.07) is 13.5. The van der Waals surface area contributed by atoms with E-state index < -0.39 is 15.0 Å². The summed E-state index contributed by atoms with van der Waals surface area (Å²) in [5, 5.41) is 2.63. The smallest absolute Gasteiger partial charge is 0.261 e. The van der Waals surface area contributed by atoms with E-state index in [1.165, 1.54) is 0 Å². The van der Waals surface area contributed by atoms with Crippen molar-refractivity contribution >= 4 is 30.0 Å². The molecule has 0 bridgehead atoms. The molecular formula is C30H36FN3O3Si. The van der Waals surface area contributed by atoms with E-state index >= 15 is 0 Å². The number of benzene rings is 2. The fraction of sp³-hybridized carbons (Fsp3) is 0.433. The van der Waals surface area contributed by atoms with Gasteiger partial charge in [-0.25, -0.2) is 9.37 Å². The van der Waals surface area contributed by atoms with Crippen LogP contribution in [0.25, 0.3) is 21.7 Å². The summed E-state index contributed by atoms with van der Waals surface area (Å²) in [4.78, 5) is 23.1. The van der Waals surface area contributed by atoms with Crippen LogP contribution in [0.4, 0.5) is 4.39 Å². The highest BCUT2D eigenvalue weighted by atomic mass is 28.4. The van der Waals surface area contributed by atoms with Crippen molar-refractivity contribution in [3.05, 3.63) is 82.2 Å². The maximum atomic E-state index is 14.1. The molecule has 0 N–H and O–H groups in total. The van der Waals surface area contributed by atoms with Gasteiger partial charge in [-0.2, -0.15) is 0 Å². The maximum Gasteiger partial charge on any atom is 0.261 e. The Hall–Kier alpha value is -2.94. The number of hydrogen-bond donors (Lipinski definition) is 0. The average molecular weight is 534 g/mol. The number of pyridine rings is 1. The van der Waals surface area contributed by atoms with E-state index in [-0.39, 0.29) is 22.7 Å². The summed E-state index contributed by atoms with van der Waals surface area (Å²) in [7, 11) is -2.08. The van der Waals surface area contributed by atoms with Crippen molar-refractivity contribution in [2.45, 2.75) is 70.6 Å². The molecule has 4 aromatic rings. The van der Waals surface area contributed by atoms with Gasteiger partial charge < -0.3 is 9.16 Å². The number of rotatable bonds is 6. The highest BCUT2D eigenvalue weighted by molar-refractivity contribution is 6.74. The zero-order chi connectivity index (χ0) is 27.1.